The van der Waals surface area contributed by atoms with Gasteiger partial charge in [-0.05, 0) is 127 Å². The molecule has 0 radical (unpaired) electrons. The van der Waals surface area contributed by atoms with Gasteiger partial charge in [0.1, 0.15) is 22.3 Å². The summed E-state index contributed by atoms with van der Waals surface area (Å²) in [5.41, 5.74) is 17.3. The van der Waals surface area contributed by atoms with E-state index in [4.69, 9.17) is 44.7 Å². The zero-order valence-corrected chi connectivity index (χ0v) is 53.9. The molecule has 10 nitrogen and oxygen atoms in total. The molecule has 1 aliphatic heterocycles. The van der Waals surface area contributed by atoms with Crippen LogP contribution in [0.5, 0.6) is 0 Å². The lowest BCUT2D eigenvalue weighted by atomic mass is 9.78. The molecule has 462 valence electrons. The smallest absolute Gasteiger partial charge is 0.455 e. The van der Waals surface area contributed by atoms with Gasteiger partial charge < -0.3 is 18.1 Å². The second-order valence-corrected chi connectivity index (χ2v) is 24.9. The molecule has 0 spiro atoms. The standard InChI is InChI=1S/C39H25N3O.C30H27BO3.C15H10ClN3/c1-5-13-26(14-6-1)31-24-32(27-15-7-2-8-16-27)36-34(25-31)33-23-30(21-22-35(33)43-36)39-41-37(28-17-9-3-10-18-28)40-38(42-39)29-19-11-4-12-20-29;1-29(2)30(3,4)34-31(33-29)23-15-16-27-25(19-23)26-18-22(20-11-7-5-8-12-20)17-24(28(26)32-27)21-13-9-6-10-14-21;16-15-18-13(11-7-3-1-4-8-11)17-14(19-15)12-9-5-2-6-10-12/h1-25H;5-19H,1-4H3;1-10H. The fraction of sp³-hybridized carbons (Fsp3) is 0.0714. The van der Waals surface area contributed by atoms with Gasteiger partial charge in [-0.15, -0.1) is 0 Å². The second kappa shape index (κ2) is 26.1. The van der Waals surface area contributed by atoms with Crippen molar-refractivity contribution in [1.29, 1.82) is 0 Å². The first kappa shape index (κ1) is 60.8. The topological polar surface area (TPSA) is 122 Å². The number of hydrogen-bond donors (Lipinski definition) is 0. The van der Waals surface area contributed by atoms with Gasteiger partial charge in [0.25, 0.3) is 0 Å². The molecular formula is C84H62BClN6O4. The van der Waals surface area contributed by atoms with Crippen molar-refractivity contribution in [2.24, 2.45) is 0 Å². The predicted molar refractivity (Wildman–Crippen MR) is 390 cm³/mol. The van der Waals surface area contributed by atoms with Crippen molar-refractivity contribution < 1.29 is 18.1 Å². The molecule has 12 heteroatoms. The molecule has 0 bridgehead atoms. The molecule has 96 heavy (non-hydrogen) atoms. The van der Waals surface area contributed by atoms with Gasteiger partial charge in [-0.1, -0.05) is 255 Å². The summed E-state index contributed by atoms with van der Waals surface area (Å²) in [4.78, 5) is 27.6. The van der Waals surface area contributed by atoms with Crippen molar-refractivity contribution in [3.63, 3.8) is 0 Å². The Morgan fingerprint density at radius 3 is 0.927 bits per heavy atom. The van der Waals surface area contributed by atoms with Crippen LogP contribution in [0.15, 0.2) is 312 Å². The molecule has 1 fully saturated rings. The van der Waals surface area contributed by atoms with Crippen LogP contribution in [0.2, 0.25) is 5.28 Å². The van der Waals surface area contributed by atoms with E-state index in [9.17, 15) is 0 Å². The molecule has 17 rings (SSSR count). The predicted octanol–water partition coefficient (Wildman–Crippen LogP) is 21.2. The average Bonchev–Trinajstić information content (AvgIpc) is 1.58. The minimum Gasteiger partial charge on any atom is -0.455 e. The van der Waals surface area contributed by atoms with Crippen molar-refractivity contribution >= 4 is 68.1 Å². The van der Waals surface area contributed by atoms with Gasteiger partial charge in [-0.3, -0.25) is 0 Å². The zero-order valence-electron chi connectivity index (χ0n) is 53.1. The Morgan fingerprint density at radius 2 is 0.562 bits per heavy atom. The van der Waals surface area contributed by atoms with Gasteiger partial charge in [0.2, 0.25) is 5.28 Å². The third-order valence-electron chi connectivity index (χ3n) is 17.7. The van der Waals surface area contributed by atoms with E-state index in [1.54, 1.807) is 0 Å². The quantitative estimate of drug-likeness (QED) is 0.122. The Morgan fingerprint density at radius 1 is 0.271 bits per heavy atom. The Bertz CT molecular complexity index is 5290. The number of furan rings is 2. The van der Waals surface area contributed by atoms with Crippen molar-refractivity contribution in [3.05, 3.63) is 309 Å². The summed E-state index contributed by atoms with van der Waals surface area (Å²) in [6.45, 7) is 8.32. The van der Waals surface area contributed by atoms with E-state index in [0.29, 0.717) is 29.1 Å². The van der Waals surface area contributed by atoms with Crippen LogP contribution in [-0.2, 0) is 9.31 Å². The molecule has 0 atom stereocenters. The van der Waals surface area contributed by atoms with Crippen molar-refractivity contribution in [2.75, 3.05) is 0 Å². The Hall–Kier alpha value is -11.5. The number of rotatable bonds is 10. The van der Waals surface area contributed by atoms with Crippen LogP contribution < -0.4 is 5.46 Å². The maximum absolute atomic E-state index is 6.55. The van der Waals surface area contributed by atoms with E-state index in [2.05, 4.69) is 176 Å². The van der Waals surface area contributed by atoms with Crippen LogP contribution in [0.25, 0.3) is 145 Å². The van der Waals surface area contributed by atoms with Crippen LogP contribution in [0.3, 0.4) is 0 Å². The summed E-state index contributed by atoms with van der Waals surface area (Å²) < 4.78 is 25.6. The molecule has 1 saturated heterocycles. The highest BCUT2D eigenvalue weighted by Crippen LogP contribution is 2.43. The largest absolute Gasteiger partial charge is 0.494 e. The molecule has 0 saturated carbocycles. The first-order valence-corrected chi connectivity index (χ1v) is 32.3. The Kier molecular flexibility index (Phi) is 16.5. The summed E-state index contributed by atoms with van der Waals surface area (Å²) in [5.74, 6) is 3.06. The number of aromatic nitrogens is 6. The number of fused-ring (bicyclic) bond motifs is 6. The normalized spacial score (nSPS) is 13.1. The van der Waals surface area contributed by atoms with Crippen LogP contribution in [0, 0.1) is 0 Å². The monoisotopic (exact) mass is 1260 g/mol. The molecule has 4 aromatic heterocycles. The summed E-state index contributed by atoms with van der Waals surface area (Å²) in [5, 5.41) is 4.43. The van der Waals surface area contributed by atoms with Crippen molar-refractivity contribution in [2.45, 2.75) is 38.9 Å². The van der Waals surface area contributed by atoms with E-state index in [0.717, 1.165) is 116 Å². The van der Waals surface area contributed by atoms with Crippen LogP contribution in [0.4, 0.5) is 0 Å². The summed E-state index contributed by atoms with van der Waals surface area (Å²) in [7, 11) is -0.412. The molecule has 16 aromatic rings. The zero-order chi connectivity index (χ0) is 65.2. The third-order valence-corrected chi connectivity index (χ3v) is 17.9. The lowest BCUT2D eigenvalue weighted by Crippen LogP contribution is -2.41. The van der Waals surface area contributed by atoms with E-state index >= 15 is 0 Å². The minimum atomic E-state index is -0.412. The number of halogens is 1. The fourth-order valence-corrected chi connectivity index (χ4v) is 12.2. The van der Waals surface area contributed by atoms with Crippen molar-refractivity contribution in [3.8, 4) is 101 Å². The highest BCUT2D eigenvalue weighted by molar-refractivity contribution is 6.62. The molecule has 12 aromatic carbocycles. The van der Waals surface area contributed by atoms with Crippen LogP contribution in [0.1, 0.15) is 27.7 Å². The first-order valence-electron chi connectivity index (χ1n) is 31.9. The molecule has 5 heterocycles. The number of nitrogens with zero attached hydrogens (tertiary/aromatic N) is 6. The van der Waals surface area contributed by atoms with Crippen LogP contribution >= 0.6 is 11.6 Å². The molecule has 0 aliphatic carbocycles. The van der Waals surface area contributed by atoms with Gasteiger partial charge in [-0.2, -0.15) is 9.97 Å². The van der Waals surface area contributed by atoms with E-state index in [-0.39, 0.29) is 16.5 Å². The van der Waals surface area contributed by atoms with Gasteiger partial charge in [-0.25, -0.2) is 19.9 Å². The highest BCUT2D eigenvalue weighted by atomic mass is 35.5. The lowest BCUT2D eigenvalue weighted by Gasteiger charge is -2.32. The Balaban J connectivity index is 0.000000127. The molecular weight excluding hydrogens is 1200 g/mol. The highest BCUT2D eigenvalue weighted by Gasteiger charge is 2.51. The second-order valence-electron chi connectivity index (χ2n) is 24.5. The van der Waals surface area contributed by atoms with Crippen molar-refractivity contribution in [1.82, 2.24) is 29.9 Å². The van der Waals surface area contributed by atoms with E-state index in [1.807, 2.05) is 170 Å². The average molecular weight is 1270 g/mol. The molecule has 0 unspecified atom stereocenters. The van der Waals surface area contributed by atoms with E-state index in [1.165, 1.54) is 5.56 Å². The minimum absolute atomic E-state index is 0.202. The van der Waals surface area contributed by atoms with Gasteiger partial charge >= 0.3 is 7.12 Å². The third kappa shape index (κ3) is 12.5. The SMILES string of the molecule is CC1(C)OB(c2ccc3oc4c(-c5ccccc5)cc(-c5ccccc5)cc4c3c2)OC1(C)C.Clc1nc(-c2ccccc2)nc(-c2ccccc2)n1.c1ccc(-c2cc(-c3ccccc3)c3oc4ccc(-c5nc(-c6ccccc6)nc(-c6ccccc6)n5)cc4c3c2)cc1. The lowest BCUT2D eigenvalue weighted by molar-refractivity contribution is 0.00578. The summed E-state index contributed by atoms with van der Waals surface area (Å²) in [6, 6.07) is 103. The molecule has 1 aliphatic rings. The fourth-order valence-electron chi connectivity index (χ4n) is 12.0. The summed E-state index contributed by atoms with van der Waals surface area (Å²) >= 11 is 5.99. The van der Waals surface area contributed by atoms with E-state index < -0.39 is 7.12 Å². The first-order chi connectivity index (χ1) is 46.9. The summed E-state index contributed by atoms with van der Waals surface area (Å²) in [6.07, 6.45) is 0. The van der Waals surface area contributed by atoms with Gasteiger partial charge in [0, 0.05) is 60.5 Å². The molecule has 0 N–H and O–H groups in total. The van der Waals surface area contributed by atoms with Crippen LogP contribution in [-0.4, -0.2) is 48.2 Å². The number of benzene rings is 12. The maximum atomic E-state index is 6.55. The molecule has 0 amide bonds. The van der Waals surface area contributed by atoms with Gasteiger partial charge in [0.05, 0.1) is 11.2 Å². The van der Waals surface area contributed by atoms with Gasteiger partial charge in [0.15, 0.2) is 29.1 Å². The number of hydrogen-bond acceptors (Lipinski definition) is 10. The maximum Gasteiger partial charge on any atom is 0.494 e. The Labute approximate surface area is 561 Å².